The van der Waals surface area contributed by atoms with E-state index in [-0.39, 0.29) is 39.1 Å². The second-order valence-corrected chi connectivity index (χ2v) is 8.03. The van der Waals surface area contributed by atoms with Gasteiger partial charge in [0.15, 0.2) is 16.3 Å². The number of pyridine rings is 1. The molecule has 0 aliphatic carbocycles. The SMILES string of the molecule is COc1ccnc(OC)c1S(=O)(=O)Nc1noc2cc(Cn3cccn3)cc(OCF)c12. The fraction of sp³-hybridized carbons (Fsp3) is 0.211. The molecule has 0 spiro atoms. The van der Waals surface area contributed by atoms with Crippen molar-refractivity contribution in [3.8, 4) is 17.4 Å². The van der Waals surface area contributed by atoms with Crippen molar-refractivity contribution in [1.82, 2.24) is 19.9 Å². The van der Waals surface area contributed by atoms with Gasteiger partial charge in [-0.2, -0.15) is 5.10 Å². The molecule has 4 rings (SSSR count). The van der Waals surface area contributed by atoms with Crippen molar-refractivity contribution < 1.29 is 31.5 Å². The summed E-state index contributed by atoms with van der Waals surface area (Å²) in [4.78, 5) is 3.58. The zero-order valence-corrected chi connectivity index (χ0v) is 17.8. The van der Waals surface area contributed by atoms with Crippen molar-refractivity contribution in [3.63, 3.8) is 0 Å². The van der Waals surface area contributed by atoms with E-state index in [2.05, 4.69) is 20.0 Å². The smallest absolute Gasteiger partial charge is 0.272 e. The predicted molar refractivity (Wildman–Crippen MR) is 110 cm³/mol. The highest BCUT2D eigenvalue weighted by atomic mass is 32.2. The number of methoxy groups -OCH3 is 2. The molecule has 13 heteroatoms. The first kappa shape index (κ1) is 21.4. The first-order valence-electron chi connectivity index (χ1n) is 9.15. The molecule has 0 saturated heterocycles. The molecule has 0 bridgehead atoms. The van der Waals surface area contributed by atoms with Gasteiger partial charge in [0, 0.05) is 24.7 Å². The van der Waals surface area contributed by atoms with Crippen LogP contribution in [0, 0.1) is 0 Å². The summed E-state index contributed by atoms with van der Waals surface area (Å²) in [6.45, 7) is -0.778. The lowest BCUT2D eigenvalue weighted by atomic mass is 10.1. The highest BCUT2D eigenvalue weighted by molar-refractivity contribution is 7.93. The van der Waals surface area contributed by atoms with Crippen LogP contribution in [0.4, 0.5) is 10.2 Å². The third kappa shape index (κ3) is 4.01. The van der Waals surface area contributed by atoms with Crippen LogP contribution in [0.2, 0.25) is 0 Å². The fourth-order valence-electron chi connectivity index (χ4n) is 3.15. The number of nitrogens with one attached hydrogen (secondary N) is 1. The van der Waals surface area contributed by atoms with Gasteiger partial charge in [-0.15, -0.1) is 0 Å². The number of aromatic nitrogens is 4. The van der Waals surface area contributed by atoms with Crippen molar-refractivity contribution in [2.75, 3.05) is 25.8 Å². The Morgan fingerprint density at radius 2 is 2.03 bits per heavy atom. The Morgan fingerprint density at radius 1 is 1.19 bits per heavy atom. The van der Waals surface area contributed by atoms with Crippen LogP contribution in [0.25, 0.3) is 11.0 Å². The molecule has 0 atom stereocenters. The molecule has 0 saturated carbocycles. The van der Waals surface area contributed by atoms with E-state index in [9.17, 15) is 12.8 Å². The predicted octanol–water partition coefficient (Wildman–Crippen LogP) is 2.59. The Kier molecular flexibility index (Phi) is 5.81. The molecule has 3 heterocycles. The van der Waals surface area contributed by atoms with Gasteiger partial charge in [-0.3, -0.25) is 9.40 Å². The Morgan fingerprint density at radius 3 is 2.72 bits per heavy atom. The Labute approximate surface area is 181 Å². The van der Waals surface area contributed by atoms with Gasteiger partial charge in [0.1, 0.15) is 16.9 Å². The van der Waals surface area contributed by atoms with Crippen LogP contribution in [-0.4, -0.2) is 49.4 Å². The summed E-state index contributed by atoms with van der Waals surface area (Å²) in [7, 11) is -1.70. The number of benzene rings is 1. The normalized spacial score (nSPS) is 11.5. The summed E-state index contributed by atoms with van der Waals surface area (Å²) in [5, 5.41) is 8.08. The van der Waals surface area contributed by atoms with Crippen LogP contribution >= 0.6 is 0 Å². The molecule has 0 radical (unpaired) electrons. The topological polar surface area (TPSA) is 131 Å². The summed E-state index contributed by atoms with van der Waals surface area (Å²) in [5.74, 6) is -0.302. The van der Waals surface area contributed by atoms with Crippen LogP contribution < -0.4 is 18.9 Å². The van der Waals surface area contributed by atoms with Crippen molar-refractivity contribution in [2.24, 2.45) is 0 Å². The first-order chi connectivity index (χ1) is 15.5. The van der Waals surface area contributed by atoms with Crippen LogP contribution in [-0.2, 0) is 16.6 Å². The molecule has 1 aromatic carbocycles. The maximum absolute atomic E-state index is 13.1. The number of nitrogens with zero attached hydrogens (tertiary/aromatic N) is 4. The van der Waals surface area contributed by atoms with Crippen molar-refractivity contribution in [3.05, 3.63) is 48.4 Å². The number of hydrogen-bond donors (Lipinski definition) is 1. The van der Waals surface area contributed by atoms with Crippen molar-refractivity contribution >= 4 is 26.8 Å². The number of rotatable bonds is 9. The van der Waals surface area contributed by atoms with E-state index in [1.54, 1.807) is 35.3 Å². The molecular weight excluding hydrogens is 445 g/mol. The van der Waals surface area contributed by atoms with Crippen LogP contribution in [0.5, 0.6) is 17.4 Å². The maximum atomic E-state index is 13.1. The summed E-state index contributed by atoms with van der Waals surface area (Å²) in [5.41, 5.74) is 0.881. The minimum Gasteiger partial charge on any atom is -0.495 e. The number of alkyl halides is 1. The van der Waals surface area contributed by atoms with Gasteiger partial charge in [0.05, 0.1) is 20.8 Å². The third-order valence-electron chi connectivity index (χ3n) is 4.46. The molecule has 3 aromatic heterocycles. The Hall–Kier alpha value is -3.87. The largest absolute Gasteiger partial charge is 0.495 e. The molecule has 11 nitrogen and oxygen atoms in total. The van der Waals surface area contributed by atoms with Gasteiger partial charge in [-0.1, -0.05) is 5.16 Å². The van der Waals surface area contributed by atoms with Crippen LogP contribution in [0.3, 0.4) is 0 Å². The number of anilines is 1. The van der Waals surface area contributed by atoms with Gasteiger partial charge in [-0.05, 0) is 23.8 Å². The quantitative estimate of drug-likeness (QED) is 0.398. The molecule has 0 fully saturated rings. The highest BCUT2D eigenvalue weighted by Gasteiger charge is 2.29. The van der Waals surface area contributed by atoms with Gasteiger partial charge < -0.3 is 18.7 Å². The summed E-state index contributed by atoms with van der Waals surface area (Å²) < 4.78 is 63.9. The van der Waals surface area contributed by atoms with Crippen molar-refractivity contribution in [1.29, 1.82) is 0 Å². The maximum Gasteiger partial charge on any atom is 0.272 e. The molecule has 0 unspecified atom stereocenters. The lowest BCUT2D eigenvalue weighted by Crippen LogP contribution is -2.16. The second kappa shape index (κ2) is 8.70. The van der Waals surface area contributed by atoms with E-state index in [0.717, 1.165) is 0 Å². The zero-order chi connectivity index (χ0) is 22.7. The fourth-order valence-corrected chi connectivity index (χ4v) is 4.43. The van der Waals surface area contributed by atoms with E-state index < -0.39 is 16.9 Å². The number of ether oxygens (including phenoxy) is 3. The van der Waals surface area contributed by atoms with Crippen LogP contribution in [0.1, 0.15) is 5.56 Å². The molecule has 0 aliphatic rings. The van der Waals surface area contributed by atoms with E-state index in [1.165, 1.54) is 26.5 Å². The lowest BCUT2D eigenvalue weighted by Gasteiger charge is -2.13. The van der Waals surface area contributed by atoms with Gasteiger partial charge >= 0.3 is 0 Å². The van der Waals surface area contributed by atoms with E-state index in [1.807, 2.05) is 0 Å². The number of sulfonamides is 1. The number of hydrogen-bond acceptors (Lipinski definition) is 9. The first-order valence-corrected chi connectivity index (χ1v) is 10.6. The molecule has 32 heavy (non-hydrogen) atoms. The van der Waals surface area contributed by atoms with Crippen molar-refractivity contribution in [2.45, 2.75) is 11.4 Å². The average molecular weight is 463 g/mol. The minimum absolute atomic E-state index is 0.0129. The van der Waals surface area contributed by atoms with Crippen LogP contribution in [0.15, 0.2) is 52.3 Å². The number of fused-ring (bicyclic) bond motifs is 1. The molecule has 4 aromatic rings. The summed E-state index contributed by atoms with van der Waals surface area (Å²) in [6, 6.07) is 6.33. The minimum atomic E-state index is -4.29. The molecular formula is C19H18FN5O6S. The van der Waals surface area contributed by atoms with Gasteiger partial charge in [-0.25, -0.2) is 17.8 Å². The van der Waals surface area contributed by atoms with E-state index in [4.69, 9.17) is 18.7 Å². The Balaban J connectivity index is 1.77. The lowest BCUT2D eigenvalue weighted by molar-refractivity contribution is 0.194. The zero-order valence-electron chi connectivity index (χ0n) is 17.0. The molecule has 0 aliphatic heterocycles. The van der Waals surface area contributed by atoms with E-state index in [0.29, 0.717) is 12.1 Å². The highest BCUT2D eigenvalue weighted by Crippen LogP contribution is 2.37. The van der Waals surface area contributed by atoms with Gasteiger partial charge in [0.2, 0.25) is 12.7 Å². The van der Waals surface area contributed by atoms with Gasteiger partial charge in [0.25, 0.3) is 10.0 Å². The summed E-state index contributed by atoms with van der Waals surface area (Å²) >= 11 is 0. The molecule has 168 valence electrons. The summed E-state index contributed by atoms with van der Waals surface area (Å²) in [6.07, 6.45) is 4.73. The second-order valence-electron chi connectivity index (χ2n) is 6.41. The molecule has 1 N–H and O–H groups in total. The Bertz CT molecular complexity index is 1320. The third-order valence-corrected chi connectivity index (χ3v) is 5.84. The number of halogens is 1. The molecule has 0 amide bonds. The average Bonchev–Trinajstić information content (AvgIpc) is 3.43. The monoisotopic (exact) mass is 463 g/mol. The standard InChI is InChI=1S/C19H18FN5O6S/c1-28-13-4-6-21-19(29-2)17(13)32(26,27)24-18-16-14(30-11-20)8-12(9-15(16)31-23-18)10-25-7-3-5-22-25/h3-9H,10-11H2,1-2H3,(H,23,24). The van der Waals surface area contributed by atoms with E-state index >= 15 is 0 Å².